The topological polar surface area (TPSA) is 69.6 Å². The highest BCUT2D eigenvalue weighted by Crippen LogP contribution is 2.28. The summed E-state index contributed by atoms with van der Waals surface area (Å²) in [7, 11) is 0. The summed E-state index contributed by atoms with van der Waals surface area (Å²) >= 11 is 0. The number of carbonyl (C=O) groups excluding carboxylic acids is 1. The molecule has 21 heavy (non-hydrogen) atoms. The number of carboxylic acids is 1. The second kappa shape index (κ2) is 6.56. The van der Waals surface area contributed by atoms with Gasteiger partial charge in [0.1, 0.15) is 5.82 Å². The van der Waals surface area contributed by atoms with E-state index in [1.54, 1.807) is 4.90 Å². The van der Waals surface area contributed by atoms with Crippen LogP contribution in [0.5, 0.6) is 0 Å². The third-order valence-electron chi connectivity index (χ3n) is 3.46. The number of nitrogens with zero attached hydrogens (tertiary/aromatic N) is 1. The zero-order valence-electron chi connectivity index (χ0n) is 11.9. The Balaban J connectivity index is 2.05. The second-order valence-corrected chi connectivity index (χ2v) is 5.21. The fourth-order valence-corrected chi connectivity index (χ4v) is 2.10. The quantitative estimate of drug-likeness (QED) is 0.845. The van der Waals surface area contributed by atoms with Crippen LogP contribution < -0.4 is 5.32 Å². The number of amides is 2. The van der Waals surface area contributed by atoms with Crippen molar-refractivity contribution in [3.8, 4) is 0 Å². The van der Waals surface area contributed by atoms with Crippen molar-refractivity contribution >= 4 is 17.7 Å². The highest BCUT2D eigenvalue weighted by atomic mass is 19.1. The highest BCUT2D eigenvalue weighted by Gasteiger charge is 2.32. The Morgan fingerprint density at radius 1 is 1.43 bits per heavy atom. The minimum atomic E-state index is -1.20. The average molecular weight is 294 g/mol. The first-order valence-corrected chi connectivity index (χ1v) is 7.13. The molecule has 0 atom stereocenters. The zero-order chi connectivity index (χ0) is 15.4. The first kappa shape index (κ1) is 15.3. The van der Waals surface area contributed by atoms with Gasteiger partial charge in [0.15, 0.2) is 0 Å². The lowest BCUT2D eigenvalue weighted by molar-refractivity contribution is 0.0696. The van der Waals surface area contributed by atoms with Crippen LogP contribution in [0, 0.1) is 5.82 Å². The molecule has 0 unspecified atom stereocenters. The number of aromatic carboxylic acids is 1. The standard InChI is InChI=1S/C15H19FN2O3/c1-2-3-8-18(11-5-6-11)15(21)17-13-7-4-10(14(19)20)9-12(13)16/h4,7,9,11H,2-3,5-6,8H2,1H3,(H,17,21)(H,19,20). The molecule has 0 saturated heterocycles. The maximum absolute atomic E-state index is 13.8. The molecular weight excluding hydrogens is 275 g/mol. The first-order valence-electron chi connectivity index (χ1n) is 7.13. The Kier molecular flexibility index (Phi) is 4.77. The lowest BCUT2D eigenvalue weighted by Crippen LogP contribution is -2.37. The fourth-order valence-electron chi connectivity index (χ4n) is 2.10. The number of anilines is 1. The molecule has 6 heteroatoms. The summed E-state index contributed by atoms with van der Waals surface area (Å²) in [4.78, 5) is 24.7. The molecule has 0 aliphatic heterocycles. The highest BCUT2D eigenvalue weighted by molar-refractivity contribution is 5.92. The van der Waals surface area contributed by atoms with Gasteiger partial charge in [0.25, 0.3) is 0 Å². The summed E-state index contributed by atoms with van der Waals surface area (Å²) in [6.07, 6.45) is 3.86. The van der Waals surface area contributed by atoms with Crippen LogP contribution in [-0.4, -0.2) is 34.6 Å². The van der Waals surface area contributed by atoms with Gasteiger partial charge in [0.2, 0.25) is 0 Å². The number of halogens is 1. The third kappa shape index (κ3) is 3.93. The van der Waals surface area contributed by atoms with Crippen LogP contribution in [0.3, 0.4) is 0 Å². The summed E-state index contributed by atoms with van der Waals surface area (Å²) in [5.41, 5.74) is -0.136. The van der Waals surface area contributed by atoms with Crippen molar-refractivity contribution in [3.63, 3.8) is 0 Å². The third-order valence-corrected chi connectivity index (χ3v) is 3.46. The van der Waals surface area contributed by atoms with Crippen molar-refractivity contribution in [1.82, 2.24) is 4.90 Å². The number of carboxylic acid groups (broad SMARTS) is 1. The van der Waals surface area contributed by atoms with Gasteiger partial charge in [-0.1, -0.05) is 13.3 Å². The van der Waals surface area contributed by atoms with Crippen molar-refractivity contribution in [3.05, 3.63) is 29.6 Å². The van der Waals surface area contributed by atoms with Crippen molar-refractivity contribution in [1.29, 1.82) is 0 Å². The Hall–Kier alpha value is -2.11. The number of hydrogen-bond donors (Lipinski definition) is 2. The molecular formula is C15H19FN2O3. The van der Waals surface area contributed by atoms with E-state index in [0.29, 0.717) is 6.54 Å². The number of hydrogen-bond acceptors (Lipinski definition) is 2. The van der Waals surface area contributed by atoms with Crippen LogP contribution in [0.2, 0.25) is 0 Å². The SMILES string of the molecule is CCCCN(C(=O)Nc1ccc(C(=O)O)cc1F)C1CC1. The lowest BCUT2D eigenvalue weighted by Gasteiger charge is -2.22. The monoisotopic (exact) mass is 294 g/mol. The van der Waals surface area contributed by atoms with E-state index in [1.165, 1.54) is 12.1 Å². The summed E-state index contributed by atoms with van der Waals surface area (Å²) in [6.45, 7) is 2.70. The van der Waals surface area contributed by atoms with Crippen molar-refractivity contribution < 1.29 is 19.1 Å². The van der Waals surface area contributed by atoms with E-state index in [9.17, 15) is 14.0 Å². The van der Waals surface area contributed by atoms with Crippen LogP contribution in [0.1, 0.15) is 43.0 Å². The van der Waals surface area contributed by atoms with Gasteiger partial charge < -0.3 is 15.3 Å². The summed E-state index contributed by atoms with van der Waals surface area (Å²) in [5, 5.41) is 11.3. The van der Waals surface area contributed by atoms with Gasteiger partial charge in [-0.25, -0.2) is 14.0 Å². The fraction of sp³-hybridized carbons (Fsp3) is 0.467. The molecule has 0 spiro atoms. The normalized spacial score (nSPS) is 13.8. The summed E-state index contributed by atoms with van der Waals surface area (Å²) in [6, 6.07) is 3.38. The number of unbranched alkanes of at least 4 members (excludes halogenated alkanes) is 1. The zero-order valence-corrected chi connectivity index (χ0v) is 11.9. The lowest BCUT2D eigenvalue weighted by atomic mass is 10.2. The molecule has 5 nitrogen and oxygen atoms in total. The second-order valence-electron chi connectivity index (χ2n) is 5.21. The van der Waals surface area contributed by atoms with Crippen LogP contribution in [0.25, 0.3) is 0 Å². The van der Waals surface area contributed by atoms with Gasteiger partial charge in [-0.3, -0.25) is 0 Å². The van der Waals surface area contributed by atoms with Gasteiger partial charge in [0.05, 0.1) is 11.3 Å². The molecule has 0 radical (unpaired) electrons. The predicted molar refractivity (Wildman–Crippen MR) is 77.0 cm³/mol. The van der Waals surface area contributed by atoms with E-state index in [-0.39, 0.29) is 23.3 Å². The Labute approximate surface area is 122 Å². The maximum Gasteiger partial charge on any atom is 0.335 e. The molecule has 1 aliphatic rings. The van der Waals surface area contributed by atoms with Crippen molar-refractivity contribution in [2.24, 2.45) is 0 Å². The Bertz CT molecular complexity index is 544. The Morgan fingerprint density at radius 3 is 2.67 bits per heavy atom. The van der Waals surface area contributed by atoms with E-state index in [0.717, 1.165) is 31.7 Å². The van der Waals surface area contributed by atoms with Gasteiger partial charge in [0, 0.05) is 12.6 Å². The molecule has 1 saturated carbocycles. The number of urea groups is 1. The Morgan fingerprint density at radius 2 is 2.14 bits per heavy atom. The molecule has 1 aromatic rings. The van der Waals surface area contributed by atoms with E-state index in [2.05, 4.69) is 5.32 Å². The van der Waals surface area contributed by atoms with E-state index in [4.69, 9.17) is 5.11 Å². The number of nitrogens with one attached hydrogen (secondary N) is 1. The smallest absolute Gasteiger partial charge is 0.335 e. The van der Waals surface area contributed by atoms with Crippen LogP contribution in [0.4, 0.5) is 14.9 Å². The molecule has 1 aromatic carbocycles. The van der Waals surface area contributed by atoms with Gasteiger partial charge in [-0.05, 0) is 37.5 Å². The summed E-state index contributed by atoms with van der Waals surface area (Å²) < 4.78 is 13.8. The predicted octanol–water partition coefficient (Wildman–Crippen LogP) is 3.32. The van der Waals surface area contributed by atoms with Crippen molar-refractivity contribution in [2.45, 2.75) is 38.6 Å². The van der Waals surface area contributed by atoms with Crippen molar-refractivity contribution in [2.75, 3.05) is 11.9 Å². The van der Waals surface area contributed by atoms with Gasteiger partial charge >= 0.3 is 12.0 Å². The molecule has 2 N–H and O–H groups in total. The molecule has 0 bridgehead atoms. The minimum Gasteiger partial charge on any atom is -0.478 e. The average Bonchev–Trinajstić information content (AvgIpc) is 3.26. The molecule has 1 aliphatic carbocycles. The largest absolute Gasteiger partial charge is 0.478 e. The molecule has 0 heterocycles. The van der Waals surface area contributed by atoms with E-state index >= 15 is 0 Å². The number of benzene rings is 1. The van der Waals surface area contributed by atoms with Gasteiger partial charge in [-0.15, -0.1) is 0 Å². The molecule has 0 aromatic heterocycles. The van der Waals surface area contributed by atoms with E-state index < -0.39 is 11.8 Å². The molecule has 2 rings (SSSR count). The molecule has 2 amide bonds. The minimum absolute atomic E-state index is 0.00662. The molecule has 1 fully saturated rings. The number of carbonyl (C=O) groups is 2. The van der Waals surface area contributed by atoms with Gasteiger partial charge in [-0.2, -0.15) is 0 Å². The van der Waals surface area contributed by atoms with Crippen LogP contribution in [-0.2, 0) is 0 Å². The summed E-state index contributed by atoms with van der Waals surface area (Å²) in [5.74, 6) is -1.94. The number of rotatable bonds is 6. The van der Waals surface area contributed by atoms with Crippen LogP contribution in [0.15, 0.2) is 18.2 Å². The maximum atomic E-state index is 13.8. The van der Waals surface area contributed by atoms with Crippen LogP contribution >= 0.6 is 0 Å². The van der Waals surface area contributed by atoms with E-state index in [1.807, 2.05) is 6.92 Å². The molecule has 114 valence electrons. The first-order chi connectivity index (χ1) is 10.0.